The summed E-state index contributed by atoms with van der Waals surface area (Å²) in [6.45, 7) is 1.90. The van der Waals surface area contributed by atoms with Crippen LogP contribution in [0.3, 0.4) is 0 Å². The first-order valence-corrected chi connectivity index (χ1v) is 8.79. The maximum Gasteiger partial charge on any atom is 0.223 e. The number of hydrogen-bond acceptors (Lipinski definition) is 6. The normalized spacial score (nSPS) is 12.4. The van der Waals surface area contributed by atoms with Gasteiger partial charge >= 0.3 is 0 Å². The zero-order valence-electron chi connectivity index (χ0n) is 16.6. The molecule has 0 aromatic heterocycles. The summed E-state index contributed by atoms with van der Waals surface area (Å²) in [5.41, 5.74) is 2.57. The van der Waals surface area contributed by atoms with Crippen molar-refractivity contribution in [2.75, 3.05) is 39.9 Å². The second-order valence-corrected chi connectivity index (χ2v) is 6.31. The van der Waals surface area contributed by atoms with Crippen LogP contribution in [0.4, 0.5) is 5.69 Å². The van der Waals surface area contributed by atoms with Crippen molar-refractivity contribution in [3.8, 4) is 34.1 Å². The summed E-state index contributed by atoms with van der Waals surface area (Å²) < 4.78 is 21.9. The number of ether oxygens (including phenoxy) is 4. The van der Waals surface area contributed by atoms with Gasteiger partial charge < -0.3 is 23.8 Å². The minimum absolute atomic E-state index is 0.156. The summed E-state index contributed by atoms with van der Waals surface area (Å²) in [5, 5.41) is 0. The van der Waals surface area contributed by atoms with E-state index in [1.165, 1.54) is 27.2 Å². The van der Waals surface area contributed by atoms with E-state index < -0.39 is 0 Å². The van der Waals surface area contributed by atoms with Crippen LogP contribution in [0.5, 0.6) is 23.0 Å². The molecule has 0 fully saturated rings. The third-order valence-corrected chi connectivity index (χ3v) is 4.86. The molecule has 0 spiro atoms. The van der Waals surface area contributed by atoms with Crippen molar-refractivity contribution >= 4 is 11.6 Å². The lowest BCUT2D eigenvalue weighted by Gasteiger charge is -2.20. The number of nitrogens with zero attached hydrogens (tertiary/aromatic N) is 1. The minimum atomic E-state index is -0.308. The van der Waals surface area contributed by atoms with Crippen LogP contribution < -0.4 is 29.3 Å². The highest BCUT2D eigenvalue weighted by atomic mass is 16.5. The minimum Gasteiger partial charge on any atom is -0.493 e. The predicted octanol–water partition coefficient (Wildman–Crippen LogP) is 2.66. The summed E-state index contributed by atoms with van der Waals surface area (Å²) in [6, 6.07) is 6.68. The smallest absolute Gasteiger partial charge is 0.223 e. The predicted molar refractivity (Wildman–Crippen MR) is 106 cm³/mol. The van der Waals surface area contributed by atoms with Crippen molar-refractivity contribution in [1.82, 2.24) is 0 Å². The van der Waals surface area contributed by atoms with Crippen molar-refractivity contribution in [3.63, 3.8) is 0 Å². The van der Waals surface area contributed by atoms with Gasteiger partial charge in [0.2, 0.25) is 17.1 Å². The molecule has 0 bridgehead atoms. The Morgan fingerprint density at radius 2 is 1.61 bits per heavy atom. The molecule has 0 N–H and O–H groups in total. The van der Waals surface area contributed by atoms with Gasteiger partial charge in [0.15, 0.2) is 17.2 Å². The first-order chi connectivity index (χ1) is 13.5. The van der Waals surface area contributed by atoms with E-state index in [2.05, 4.69) is 0 Å². The van der Waals surface area contributed by atoms with Crippen molar-refractivity contribution < 1.29 is 23.7 Å². The van der Waals surface area contributed by atoms with Gasteiger partial charge in [-0.25, -0.2) is 0 Å². The third-order valence-electron chi connectivity index (χ3n) is 4.86. The Hall–Kier alpha value is -3.22. The highest BCUT2D eigenvalue weighted by molar-refractivity contribution is 5.99. The van der Waals surface area contributed by atoms with Crippen LogP contribution in [0.25, 0.3) is 11.1 Å². The van der Waals surface area contributed by atoms with Crippen LogP contribution in [0.1, 0.15) is 12.5 Å². The van der Waals surface area contributed by atoms with E-state index in [-0.39, 0.29) is 17.1 Å². The Balaban J connectivity index is 2.46. The zero-order chi connectivity index (χ0) is 20.4. The number of fused-ring (bicyclic) bond motifs is 3. The molecule has 0 aliphatic carbocycles. The lowest BCUT2D eigenvalue weighted by Crippen LogP contribution is -2.30. The topological polar surface area (TPSA) is 74.3 Å². The summed E-state index contributed by atoms with van der Waals surface area (Å²) in [5.74, 6) is 1.51. The molecule has 2 aromatic carbocycles. The molecule has 2 aromatic rings. The monoisotopic (exact) mass is 385 g/mol. The van der Waals surface area contributed by atoms with Crippen LogP contribution in [0, 0.1) is 0 Å². The fourth-order valence-electron chi connectivity index (χ4n) is 3.58. The van der Waals surface area contributed by atoms with Crippen LogP contribution in [-0.4, -0.2) is 40.9 Å². The molecule has 0 saturated carbocycles. The van der Waals surface area contributed by atoms with Gasteiger partial charge in [-0.3, -0.25) is 9.59 Å². The first-order valence-electron chi connectivity index (χ1n) is 8.79. The number of hydrogen-bond donors (Lipinski definition) is 0. The van der Waals surface area contributed by atoms with Gasteiger partial charge in [-0.15, -0.1) is 0 Å². The highest BCUT2D eigenvalue weighted by Gasteiger charge is 2.29. The van der Waals surface area contributed by atoms with E-state index in [0.717, 1.165) is 11.1 Å². The van der Waals surface area contributed by atoms with Crippen molar-refractivity contribution in [2.45, 2.75) is 13.3 Å². The summed E-state index contributed by atoms with van der Waals surface area (Å²) in [4.78, 5) is 26.5. The molecule has 28 heavy (non-hydrogen) atoms. The SMILES string of the molecule is COc1cc2c(c(OC)c1OC)-c1ccc(OC)c(=O)cc1N(C(C)=O)CC2. The molecule has 0 atom stereocenters. The molecule has 1 heterocycles. The molecule has 7 nitrogen and oxygen atoms in total. The second-order valence-electron chi connectivity index (χ2n) is 6.31. The number of rotatable bonds is 4. The third kappa shape index (κ3) is 3.13. The summed E-state index contributed by atoms with van der Waals surface area (Å²) >= 11 is 0. The molecule has 7 heteroatoms. The Kier molecular flexibility index (Phi) is 5.44. The van der Waals surface area contributed by atoms with E-state index in [1.54, 1.807) is 31.3 Å². The molecular formula is C21H23NO6. The molecule has 0 unspecified atom stereocenters. The lowest BCUT2D eigenvalue weighted by molar-refractivity contribution is -0.116. The van der Waals surface area contributed by atoms with Crippen LogP contribution in [0.2, 0.25) is 0 Å². The summed E-state index contributed by atoms with van der Waals surface area (Å²) in [6.07, 6.45) is 0.565. The standard InChI is InChI=1S/C21H23NO6/c1-12(23)22-9-8-13-10-18(26-3)20(27-4)21(28-5)19(13)14-6-7-17(25-2)16(24)11-15(14)22/h6-7,10-11H,8-9H2,1-5H3. The van der Waals surface area contributed by atoms with Crippen LogP contribution in [0.15, 0.2) is 29.1 Å². The average Bonchev–Trinajstić information content (AvgIpc) is 2.93. The van der Waals surface area contributed by atoms with E-state index in [4.69, 9.17) is 18.9 Å². The number of benzene rings is 1. The molecule has 1 aliphatic heterocycles. The number of amides is 1. The molecule has 1 aliphatic rings. The van der Waals surface area contributed by atoms with E-state index in [9.17, 15) is 9.59 Å². The Morgan fingerprint density at radius 3 is 2.18 bits per heavy atom. The number of carbonyl (C=O) groups excluding carboxylic acids is 1. The maximum absolute atomic E-state index is 12.6. The van der Waals surface area contributed by atoms with E-state index in [1.807, 2.05) is 6.07 Å². The van der Waals surface area contributed by atoms with Gasteiger partial charge in [-0.05, 0) is 30.2 Å². The Morgan fingerprint density at radius 1 is 0.929 bits per heavy atom. The molecule has 1 amide bonds. The van der Waals surface area contributed by atoms with Gasteiger partial charge in [0.25, 0.3) is 0 Å². The number of carbonyl (C=O) groups is 1. The van der Waals surface area contributed by atoms with Crippen LogP contribution in [-0.2, 0) is 11.2 Å². The van der Waals surface area contributed by atoms with Crippen LogP contribution >= 0.6 is 0 Å². The molecule has 0 saturated heterocycles. The quantitative estimate of drug-likeness (QED) is 0.806. The van der Waals surface area contributed by atoms with Crippen molar-refractivity contribution in [3.05, 3.63) is 40.1 Å². The fraction of sp³-hybridized carbons (Fsp3) is 0.333. The van der Waals surface area contributed by atoms with Gasteiger partial charge in [0.05, 0.1) is 34.1 Å². The second kappa shape index (κ2) is 7.80. The van der Waals surface area contributed by atoms with Gasteiger partial charge in [-0.1, -0.05) is 0 Å². The number of anilines is 1. The average molecular weight is 385 g/mol. The van der Waals surface area contributed by atoms with Gasteiger partial charge in [0.1, 0.15) is 0 Å². The largest absolute Gasteiger partial charge is 0.493 e. The van der Waals surface area contributed by atoms with Gasteiger partial charge in [-0.2, -0.15) is 0 Å². The molecule has 0 radical (unpaired) electrons. The summed E-state index contributed by atoms with van der Waals surface area (Å²) in [7, 11) is 6.08. The Bertz CT molecular complexity index is 985. The highest BCUT2D eigenvalue weighted by Crippen LogP contribution is 2.50. The van der Waals surface area contributed by atoms with Crippen molar-refractivity contribution in [1.29, 1.82) is 0 Å². The molecule has 148 valence electrons. The fourth-order valence-corrected chi connectivity index (χ4v) is 3.58. The van der Waals surface area contributed by atoms with E-state index >= 15 is 0 Å². The number of methoxy groups -OCH3 is 4. The molecular weight excluding hydrogens is 362 g/mol. The van der Waals surface area contributed by atoms with Gasteiger partial charge in [0, 0.05) is 30.7 Å². The molecule has 3 rings (SSSR count). The Labute approximate surface area is 163 Å². The lowest BCUT2D eigenvalue weighted by atomic mass is 9.96. The maximum atomic E-state index is 12.6. The van der Waals surface area contributed by atoms with Crippen molar-refractivity contribution in [2.24, 2.45) is 0 Å². The first kappa shape index (κ1) is 19.5. The zero-order valence-corrected chi connectivity index (χ0v) is 16.6. The van der Waals surface area contributed by atoms with E-state index in [0.29, 0.717) is 41.5 Å².